The summed E-state index contributed by atoms with van der Waals surface area (Å²) in [6, 6.07) is 4.34. The molecule has 1 aliphatic heterocycles. The Bertz CT molecular complexity index is 966. The van der Waals surface area contributed by atoms with Gasteiger partial charge in [-0.15, -0.1) is 21.5 Å². The highest BCUT2D eigenvalue weighted by Crippen LogP contribution is 2.33. The lowest BCUT2D eigenvalue weighted by atomic mass is 9.95. The molecule has 30 heavy (non-hydrogen) atoms. The van der Waals surface area contributed by atoms with Crippen molar-refractivity contribution in [2.24, 2.45) is 0 Å². The monoisotopic (exact) mass is 468 g/mol. The molecule has 2 aromatic rings. The Morgan fingerprint density at radius 2 is 2.07 bits per heavy atom. The average Bonchev–Trinajstić information content (AvgIpc) is 3.47. The summed E-state index contributed by atoms with van der Waals surface area (Å²) in [5, 5.41) is 11.8. The van der Waals surface area contributed by atoms with Gasteiger partial charge in [-0.2, -0.15) is 0 Å². The Labute approximate surface area is 186 Å². The summed E-state index contributed by atoms with van der Waals surface area (Å²) < 4.78 is 25.7. The number of carbonyl (C=O) groups is 1. The number of thioether (sulfide) groups is 1. The zero-order valence-electron chi connectivity index (χ0n) is 17.2. The summed E-state index contributed by atoms with van der Waals surface area (Å²) in [6.45, 7) is 0. The van der Waals surface area contributed by atoms with Crippen LogP contribution in [0, 0.1) is 0 Å². The van der Waals surface area contributed by atoms with Gasteiger partial charge in [0.2, 0.25) is 5.91 Å². The van der Waals surface area contributed by atoms with E-state index < -0.39 is 9.84 Å². The standard InChI is InChI=1S/C20H28N4O3S3/c1-23(16-9-11-30(26,27)14-16)19(25)13-29-20-22-21-18(12-17-8-5-10-28-17)24(20)15-6-3-2-4-7-15/h5,8,10,15-16H,2-4,6-7,9,11-14H2,1H3/t16-/m1/s1. The van der Waals surface area contributed by atoms with Gasteiger partial charge in [-0.1, -0.05) is 37.1 Å². The Kier molecular flexibility index (Phi) is 6.84. The van der Waals surface area contributed by atoms with E-state index in [0.29, 0.717) is 12.5 Å². The van der Waals surface area contributed by atoms with Crippen LogP contribution >= 0.6 is 23.1 Å². The lowest BCUT2D eigenvalue weighted by molar-refractivity contribution is -0.128. The Balaban J connectivity index is 1.46. The second kappa shape index (κ2) is 9.40. The molecule has 3 heterocycles. The predicted octanol–water partition coefficient (Wildman–Crippen LogP) is 3.17. The second-order valence-corrected chi connectivity index (χ2v) is 12.4. The van der Waals surface area contributed by atoms with Gasteiger partial charge in [0.15, 0.2) is 15.0 Å². The van der Waals surface area contributed by atoms with E-state index in [1.165, 1.54) is 35.9 Å². The van der Waals surface area contributed by atoms with Crippen molar-refractivity contribution in [2.45, 2.75) is 62.2 Å². The van der Waals surface area contributed by atoms with Gasteiger partial charge in [-0.3, -0.25) is 4.79 Å². The lowest BCUT2D eigenvalue weighted by Gasteiger charge is -2.26. The third kappa shape index (κ3) is 5.08. The van der Waals surface area contributed by atoms with Gasteiger partial charge < -0.3 is 9.47 Å². The Morgan fingerprint density at radius 3 is 2.73 bits per heavy atom. The summed E-state index contributed by atoms with van der Waals surface area (Å²) >= 11 is 3.14. The van der Waals surface area contributed by atoms with Gasteiger partial charge in [0.1, 0.15) is 5.82 Å². The first-order chi connectivity index (χ1) is 14.4. The first-order valence-electron chi connectivity index (χ1n) is 10.5. The lowest BCUT2D eigenvalue weighted by Crippen LogP contribution is -2.38. The van der Waals surface area contributed by atoms with E-state index >= 15 is 0 Å². The number of rotatable bonds is 7. The van der Waals surface area contributed by atoms with Crippen molar-refractivity contribution in [1.82, 2.24) is 19.7 Å². The summed E-state index contributed by atoms with van der Waals surface area (Å²) in [5.41, 5.74) is 0. The number of amides is 1. The minimum atomic E-state index is -3.01. The molecule has 1 saturated carbocycles. The number of carbonyl (C=O) groups excluding carboxylic acids is 1. The number of thiophene rings is 1. The molecule has 2 aliphatic rings. The molecule has 0 radical (unpaired) electrons. The fourth-order valence-corrected chi connectivity index (χ4v) is 7.74. The van der Waals surface area contributed by atoms with E-state index in [-0.39, 0.29) is 29.2 Å². The fraction of sp³-hybridized carbons (Fsp3) is 0.650. The molecule has 2 aromatic heterocycles. The predicted molar refractivity (Wildman–Crippen MR) is 120 cm³/mol. The fourth-order valence-electron chi connectivity index (χ4n) is 4.31. The van der Waals surface area contributed by atoms with Crippen LogP contribution in [0.1, 0.15) is 55.3 Å². The molecule has 0 aromatic carbocycles. The van der Waals surface area contributed by atoms with Gasteiger partial charge in [-0.25, -0.2) is 8.42 Å². The van der Waals surface area contributed by atoms with E-state index in [2.05, 4.69) is 32.3 Å². The van der Waals surface area contributed by atoms with Crippen LogP contribution in [0.25, 0.3) is 0 Å². The molecule has 0 bridgehead atoms. The van der Waals surface area contributed by atoms with Crippen LogP contribution in [0.2, 0.25) is 0 Å². The number of aromatic nitrogens is 3. The van der Waals surface area contributed by atoms with Crippen molar-refractivity contribution in [3.63, 3.8) is 0 Å². The maximum atomic E-state index is 12.7. The SMILES string of the molecule is CN(C(=O)CSc1nnc(Cc2cccs2)n1C1CCCCC1)[C@@H]1CCS(=O)(=O)C1. The molecule has 1 aliphatic carbocycles. The zero-order chi connectivity index (χ0) is 21.1. The number of nitrogens with zero attached hydrogens (tertiary/aromatic N) is 4. The van der Waals surface area contributed by atoms with Crippen LogP contribution in [-0.2, 0) is 21.1 Å². The minimum Gasteiger partial charge on any atom is -0.341 e. The van der Waals surface area contributed by atoms with Crippen LogP contribution in [-0.4, -0.2) is 64.3 Å². The van der Waals surface area contributed by atoms with Gasteiger partial charge in [-0.05, 0) is 30.7 Å². The Hall–Kier alpha value is -1.39. The third-order valence-electron chi connectivity index (χ3n) is 6.06. The van der Waals surface area contributed by atoms with Crippen LogP contribution in [0.5, 0.6) is 0 Å². The van der Waals surface area contributed by atoms with Crippen molar-refractivity contribution >= 4 is 38.8 Å². The highest BCUT2D eigenvalue weighted by atomic mass is 32.2. The van der Waals surface area contributed by atoms with Crippen molar-refractivity contribution < 1.29 is 13.2 Å². The molecule has 1 saturated heterocycles. The molecule has 4 rings (SSSR count). The second-order valence-electron chi connectivity index (χ2n) is 8.17. The topological polar surface area (TPSA) is 85.2 Å². The van der Waals surface area contributed by atoms with E-state index in [1.807, 2.05) is 0 Å². The molecular weight excluding hydrogens is 440 g/mol. The van der Waals surface area contributed by atoms with Crippen LogP contribution < -0.4 is 0 Å². The maximum absolute atomic E-state index is 12.7. The maximum Gasteiger partial charge on any atom is 0.233 e. The average molecular weight is 469 g/mol. The molecule has 1 amide bonds. The van der Waals surface area contributed by atoms with Crippen LogP contribution in [0.3, 0.4) is 0 Å². The molecule has 0 spiro atoms. The van der Waals surface area contributed by atoms with Crippen LogP contribution in [0.4, 0.5) is 0 Å². The molecule has 0 N–H and O–H groups in total. The first-order valence-corrected chi connectivity index (χ1v) is 14.2. The Morgan fingerprint density at radius 1 is 1.27 bits per heavy atom. The van der Waals surface area contributed by atoms with Gasteiger partial charge in [0, 0.05) is 30.4 Å². The van der Waals surface area contributed by atoms with E-state index in [0.717, 1.165) is 30.2 Å². The minimum absolute atomic E-state index is 0.0555. The molecule has 2 fully saturated rings. The summed E-state index contributed by atoms with van der Waals surface area (Å²) in [4.78, 5) is 15.6. The van der Waals surface area contributed by atoms with E-state index in [9.17, 15) is 13.2 Å². The quantitative estimate of drug-likeness (QED) is 0.580. The van der Waals surface area contributed by atoms with Crippen molar-refractivity contribution in [1.29, 1.82) is 0 Å². The summed E-state index contributed by atoms with van der Waals surface area (Å²) in [6.07, 6.45) is 7.23. The summed E-state index contributed by atoms with van der Waals surface area (Å²) in [5.74, 6) is 1.40. The molecular formula is C20H28N4O3S3. The normalized spacial score (nSPS) is 21.7. The zero-order valence-corrected chi connectivity index (χ0v) is 19.6. The third-order valence-corrected chi connectivity index (χ3v) is 9.62. The van der Waals surface area contributed by atoms with E-state index in [4.69, 9.17) is 0 Å². The molecule has 10 heteroatoms. The van der Waals surface area contributed by atoms with E-state index in [1.54, 1.807) is 23.3 Å². The molecule has 7 nitrogen and oxygen atoms in total. The number of hydrogen-bond donors (Lipinski definition) is 0. The van der Waals surface area contributed by atoms with Gasteiger partial charge in [0.25, 0.3) is 0 Å². The highest BCUT2D eigenvalue weighted by molar-refractivity contribution is 7.99. The van der Waals surface area contributed by atoms with Crippen molar-refractivity contribution in [3.05, 3.63) is 28.2 Å². The van der Waals surface area contributed by atoms with Gasteiger partial charge >= 0.3 is 0 Å². The van der Waals surface area contributed by atoms with Crippen molar-refractivity contribution in [3.8, 4) is 0 Å². The largest absolute Gasteiger partial charge is 0.341 e. The van der Waals surface area contributed by atoms with Crippen LogP contribution in [0.15, 0.2) is 22.7 Å². The van der Waals surface area contributed by atoms with Crippen molar-refractivity contribution in [2.75, 3.05) is 24.3 Å². The summed E-state index contributed by atoms with van der Waals surface area (Å²) in [7, 11) is -1.30. The first kappa shape index (κ1) is 21.8. The number of sulfone groups is 1. The molecule has 1 atom stereocenters. The highest BCUT2D eigenvalue weighted by Gasteiger charge is 2.33. The smallest absolute Gasteiger partial charge is 0.233 e. The molecule has 0 unspecified atom stereocenters. The molecule has 164 valence electrons. The van der Waals surface area contributed by atoms with Gasteiger partial charge in [0.05, 0.1) is 17.3 Å². The number of hydrogen-bond acceptors (Lipinski definition) is 7.